The smallest absolute Gasteiger partial charge is 0.343 e. The van der Waals surface area contributed by atoms with Gasteiger partial charge in [0.15, 0.2) is 0 Å². The number of hydrogen-bond acceptors (Lipinski definition) is 3. The van der Waals surface area contributed by atoms with Gasteiger partial charge in [0.05, 0.1) is 5.56 Å². The molecular weight excluding hydrogens is 357 g/mol. The zero-order chi connectivity index (χ0) is 20.3. The first kappa shape index (κ1) is 23.9. The Morgan fingerprint density at radius 1 is 0.963 bits per heavy atom. The van der Waals surface area contributed by atoms with Gasteiger partial charge < -0.3 is 14.6 Å². The van der Waals surface area contributed by atoms with Crippen LogP contribution in [0.4, 0.5) is 13.2 Å². The van der Waals surface area contributed by atoms with Gasteiger partial charge in [-0.1, -0.05) is 63.6 Å². The zero-order valence-corrected chi connectivity index (χ0v) is 16.6. The maximum absolute atomic E-state index is 12.9. The highest BCUT2D eigenvalue weighted by molar-refractivity contribution is 5.25. The zero-order valence-electron chi connectivity index (χ0n) is 16.6. The van der Waals surface area contributed by atoms with E-state index in [1.165, 1.54) is 45.6 Å². The first-order valence-electron chi connectivity index (χ1n) is 9.75. The molecule has 0 bridgehead atoms. The minimum atomic E-state index is -4.35. The van der Waals surface area contributed by atoms with Crippen LogP contribution in [0.3, 0.4) is 0 Å². The highest BCUT2D eigenvalue weighted by atomic mass is 19.4. The predicted octanol–water partition coefficient (Wildman–Crippen LogP) is 5.94. The van der Waals surface area contributed by atoms with E-state index in [9.17, 15) is 18.3 Å². The van der Waals surface area contributed by atoms with Crippen molar-refractivity contribution in [2.75, 3.05) is 14.2 Å². The summed E-state index contributed by atoms with van der Waals surface area (Å²) in [5.74, 6) is -2.03. The van der Waals surface area contributed by atoms with Crippen molar-refractivity contribution in [3.05, 3.63) is 35.4 Å². The molecule has 27 heavy (non-hydrogen) atoms. The maximum atomic E-state index is 12.9. The maximum Gasteiger partial charge on any atom is 0.416 e. The van der Waals surface area contributed by atoms with Crippen LogP contribution in [0, 0.1) is 5.92 Å². The van der Waals surface area contributed by atoms with Crippen molar-refractivity contribution in [1.82, 2.24) is 0 Å². The summed E-state index contributed by atoms with van der Waals surface area (Å²) in [5.41, 5.74) is -0.0615. The second-order valence-electron chi connectivity index (χ2n) is 7.03. The van der Waals surface area contributed by atoms with Crippen LogP contribution < -0.4 is 0 Å². The number of alkyl halides is 3. The number of hydrogen-bond donors (Lipinski definition) is 1. The van der Waals surface area contributed by atoms with Crippen LogP contribution in [0.2, 0.25) is 0 Å². The van der Waals surface area contributed by atoms with Crippen molar-refractivity contribution >= 4 is 0 Å². The van der Waals surface area contributed by atoms with E-state index in [1.54, 1.807) is 6.07 Å². The first-order valence-corrected chi connectivity index (χ1v) is 9.75. The summed E-state index contributed by atoms with van der Waals surface area (Å²) >= 11 is 0. The van der Waals surface area contributed by atoms with Crippen LogP contribution >= 0.6 is 0 Å². The summed E-state index contributed by atoms with van der Waals surface area (Å²) in [6.07, 6.45) is 3.98. The molecular formula is C21H33F3O3. The molecule has 1 unspecified atom stereocenters. The summed E-state index contributed by atoms with van der Waals surface area (Å²) in [5, 5.41) is 10.6. The van der Waals surface area contributed by atoms with Crippen molar-refractivity contribution in [3.8, 4) is 0 Å². The molecule has 1 aromatic rings. The lowest BCUT2D eigenvalue weighted by atomic mass is 9.91. The fourth-order valence-corrected chi connectivity index (χ4v) is 3.34. The largest absolute Gasteiger partial charge is 0.416 e. The van der Waals surface area contributed by atoms with E-state index >= 15 is 0 Å². The SMILES string of the molecule is CCCCCCCCC(CCc1cccc(C(F)(F)F)c1)C(O)(OC)OC. The molecule has 1 N–H and O–H groups in total. The normalized spacial score (nSPS) is 13.7. The molecule has 0 spiro atoms. The molecule has 0 saturated heterocycles. The highest BCUT2D eigenvalue weighted by Crippen LogP contribution is 2.32. The highest BCUT2D eigenvalue weighted by Gasteiger charge is 2.37. The average Bonchev–Trinajstić information content (AvgIpc) is 2.65. The van der Waals surface area contributed by atoms with Crippen LogP contribution in [0.5, 0.6) is 0 Å². The minimum absolute atomic E-state index is 0.312. The van der Waals surface area contributed by atoms with Gasteiger partial charge in [0.25, 0.3) is 5.97 Å². The molecule has 0 aliphatic rings. The van der Waals surface area contributed by atoms with Gasteiger partial charge in [0.2, 0.25) is 0 Å². The number of rotatable bonds is 13. The lowest BCUT2D eigenvalue weighted by Gasteiger charge is -2.33. The predicted molar refractivity (Wildman–Crippen MR) is 100 cm³/mol. The number of aliphatic hydroxyl groups is 1. The quantitative estimate of drug-likeness (QED) is 0.334. The monoisotopic (exact) mass is 390 g/mol. The number of unbranched alkanes of at least 4 members (excludes halogenated alkanes) is 5. The van der Waals surface area contributed by atoms with Crippen molar-refractivity contribution < 1.29 is 27.8 Å². The standard InChI is InChI=1S/C21H33F3O3/c1-4-5-6-7-8-9-12-18(21(25,26-2)27-3)15-14-17-11-10-13-19(16-17)20(22,23)24/h10-11,13,16,18,25H,4-9,12,14-15H2,1-3H3. The van der Waals surface area contributed by atoms with E-state index < -0.39 is 17.7 Å². The Kier molecular flexibility index (Phi) is 10.3. The molecule has 0 amide bonds. The molecule has 0 heterocycles. The van der Waals surface area contributed by atoms with Gasteiger partial charge in [-0.3, -0.25) is 0 Å². The van der Waals surface area contributed by atoms with Gasteiger partial charge in [-0.25, -0.2) is 0 Å². The lowest BCUT2D eigenvalue weighted by molar-refractivity contribution is -0.369. The minimum Gasteiger partial charge on any atom is -0.343 e. The second-order valence-corrected chi connectivity index (χ2v) is 7.03. The Balaban J connectivity index is 2.68. The number of ether oxygens (including phenoxy) is 2. The number of halogens is 3. The Labute approximate surface area is 160 Å². The first-order chi connectivity index (χ1) is 12.8. The van der Waals surface area contributed by atoms with Crippen molar-refractivity contribution in [2.45, 2.75) is 76.9 Å². The van der Waals surface area contributed by atoms with E-state index in [-0.39, 0.29) is 5.92 Å². The molecule has 0 aliphatic carbocycles. The van der Waals surface area contributed by atoms with Gasteiger partial charge in [-0.05, 0) is 30.9 Å². The molecule has 0 aliphatic heterocycles. The van der Waals surface area contributed by atoms with Gasteiger partial charge >= 0.3 is 6.18 Å². The number of methoxy groups -OCH3 is 2. The molecule has 0 saturated carbocycles. The van der Waals surface area contributed by atoms with Gasteiger partial charge in [-0.2, -0.15) is 13.2 Å². The lowest BCUT2D eigenvalue weighted by Crippen LogP contribution is -2.42. The van der Waals surface area contributed by atoms with Crippen LogP contribution in [0.15, 0.2) is 24.3 Å². The third-order valence-corrected chi connectivity index (χ3v) is 5.04. The third-order valence-electron chi connectivity index (χ3n) is 5.04. The molecule has 0 radical (unpaired) electrons. The average molecular weight is 390 g/mol. The van der Waals surface area contributed by atoms with Crippen LogP contribution in [-0.4, -0.2) is 25.3 Å². The fourth-order valence-electron chi connectivity index (χ4n) is 3.34. The summed E-state index contributed by atoms with van der Waals surface area (Å²) in [6.45, 7) is 2.17. The van der Waals surface area contributed by atoms with Crippen LogP contribution in [0.25, 0.3) is 0 Å². The van der Waals surface area contributed by atoms with Crippen molar-refractivity contribution in [3.63, 3.8) is 0 Å². The molecule has 0 fully saturated rings. The summed E-state index contributed by atoms with van der Waals surface area (Å²) < 4.78 is 49.0. The van der Waals surface area contributed by atoms with Gasteiger partial charge in [-0.15, -0.1) is 0 Å². The Hall–Kier alpha value is -1.11. The molecule has 6 heteroatoms. The van der Waals surface area contributed by atoms with Gasteiger partial charge in [0, 0.05) is 20.1 Å². The van der Waals surface area contributed by atoms with E-state index in [1.807, 2.05) is 0 Å². The molecule has 156 valence electrons. The van der Waals surface area contributed by atoms with Crippen molar-refractivity contribution in [1.29, 1.82) is 0 Å². The molecule has 0 aromatic heterocycles. The Bertz CT molecular complexity index is 528. The van der Waals surface area contributed by atoms with Crippen LogP contribution in [-0.2, 0) is 22.1 Å². The third kappa shape index (κ3) is 8.20. The van der Waals surface area contributed by atoms with E-state index in [0.29, 0.717) is 24.8 Å². The second kappa shape index (κ2) is 11.7. The van der Waals surface area contributed by atoms with E-state index in [0.717, 1.165) is 25.3 Å². The molecule has 1 aromatic carbocycles. The summed E-state index contributed by atoms with van der Waals surface area (Å²) in [4.78, 5) is 0. The summed E-state index contributed by atoms with van der Waals surface area (Å²) in [7, 11) is 2.75. The van der Waals surface area contributed by atoms with E-state index in [2.05, 4.69) is 6.92 Å². The number of benzene rings is 1. The fraction of sp³-hybridized carbons (Fsp3) is 0.714. The Morgan fingerprint density at radius 3 is 2.19 bits per heavy atom. The molecule has 1 rings (SSSR count). The molecule has 1 atom stereocenters. The molecule has 3 nitrogen and oxygen atoms in total. The van der Waals surface area contributed by atoms with Crippen LogP contribution in [0.1, 0.15) is 69.4 Å². The topological polar surface area (TPSA) is 38.7 Å². The Morgan fingerprint density at radius 2 is 1.59 bits per heavy atom. The number of aryl methyl sites for hydroxylation is 1. The van der Waals surface area contributed by atoms with Gasteiger partial charge in [0.1, 0.15) is 0 Å². The van der Waals surface area contributed by atoms with Crippen molar-refractivity contribution in [2.24, 2.45) is 5.92 Å². The summed E-state index contributed by atoms with van der Waals surface area (Å²) in [6, 6.07) is 5.33. The van der Waals surface area contributed by atoms with E-state index in [4.69, 9.17) is 9.47 Å².